The first-order valence-electron chi connectivity index (χ1n) is 6.49. The molecular formula is C12H20Cl2O4S3. The van der Waals surface area contributed by atoms with E-state index in [0.717, 1.165) is 24.6 Å². The molecule has 0 N–H and O–H groups in total. The van der Waals surface area contributed by atoms with Crippen LogP contribution in [-0.2, 0) is 19.7 Å². The lowest BCUT2D eigenvalue weighted by Gasteiger charge is -2.02. The second-order valence-corrected chi connectivity index (χ2v) is 10.5. The zero-order valence-electron chi connectivity index (χ0n) is 12.0. The van der Waals surface area contributed by atoms with Gasteiger partial charge in [0.2, 0.25) is 0 Å². The van der Waals surface area contributed by atoms with E-state index in [1.54, 1.807) is 0 Å². The van der Waals surface area contributed by atoms with Crippen molar-refractivity contribution in [2.45, 2.75) is 39.5 Å². The third-order valence-electron chi connectivity index (χ3n) is 2.45. The van der Waals surface area contributed by atoms with Gasteiger partial charge in [-0.05, 0) is 12.8 Å². The molecular weight excluding hydrogens is 375 g/mol. The number of sulfone groups is 2. The first-order chi connectivity index (χ1) is 9.67. The SMILES string of the molecule is CCCCS(=O)(=O)/C(Cl)=C/S/C=C(\Cl)S(=O)(=O)CCCC. The summed E-state index contributed by atoms with van der Waals surface area (Å²) in [6, 6.07) is 0. The lowest BCUT2D eigenvalue weighted by molar-refractivity contribution is 0.599. The predicted octanol–water partition coefficient (Wildman–Crippen LogP) is 4.22. The maximum absolute atomic E-state index is 11.7. The molecule has 0 spiro atoms. The quantitative estimate of drug-likeness (QED) is 0.554. The second kappa shape index (κ2) is 10.2. The number of rotatable bonds is 10. The van der Waals surface area contributed by atoms with Crippen LogP contribution >= 0.6 is 35.0 Å². The normalized spacial score (nSPS) is 14.5. The van der Waals surface area contributed by atoms with E-state index in [2.05, 4.69) is 0 Å². The fourth-order valence-electron chi connectivity index (χ4n) is 1.15. The van der Waals surface area contributed by atoms with Crippen LogP contribution in [0.15, 0.2) is 19.5 Å². The van der Waals surface area contributed by atoms with Crippen LogP contribution in [0.4, 0.5) is 0 Å². The largest absolute Gasteiger partial charge is 0.223 e. The number of unbranched alkanes of at least 4 members (excludes halogenated alkanes) is 2. The van der Waals surface area contributed by atoms with Crippen molar-refractivity contribution < 1.29 is 16.8 Å². The van der Waals surface area contributed by atoms with Gasteiger partial charge in [-0.15, -0.1) is 11.8 Å². The van der Waals surface area contributed by atoms with Gasteiger partial charge in [-0.2, -0.15) is 0 Å². The summed E-state index contributed by atoms with van der Waals surface area (Å²) < 4.78 is 46.3. The molecule has 21 heavy (non-hydrogen) atoms. The fourth-order valence-corrected chi connectivity index (χ4v) is 5.44. The summed E-state index contributed by atoms with van der Waals surface area (Å²) in [5, 5.41) is 2.37. The van der Waals surface area contributed by atoms with E-state index in [0.29, 0.717) is 12.8 Å². The van der Waals surface area contributed by atoms with Crippen LogP contribution in [0.1, 0.15) is 39.5 Å². The summed E-state index contributed by atoms with van der Waals surface area (Å²) in [7, 11) is -6.97. The Kier molecular flexibility index (Phi) is 10.3. The van der Waals surface area contributed by atoms with Gasteiger partial charge >= 0.3 is 0 Å². The van der Waals surface area contributed by atoms with Gasteiger partial charge in [0.1, 0.15) is 8.73 Å². The van der Waals surface area contributed by atoms with Crippen molar-refractivity contribution in [2.75, 3.05) is 11.5 Å². The Morgan fingerprint density at radius 3 is 1.48 bits per heavy atom. The molecule has 0 radical (unpaired) electrons. The minimum atomic E-state index is -3.49. The lowest BCUT2D eigenvalue weighted by atomic mass is 10.4. The van der Waals surface area contributed by atoms with Gasteiger partial charge in [-0.1, -0.05) is 49.9 Å². The van der Waals surface area contributed by atoms with Crippen molar-refractivity contribution in [1.82, 2.24) is 0 Å². The number of hydrogen-bond donors (Lipinski definition) is 0. The Labute approximate surface area is 141 Å². The number of hydrogen-bond acceptors (Lipinski definition) is 5. The van der Waals surface area contributed by atoms with Crippen LogP contribution in [0.2, 0.25) is 0 Å². The molecule has 0 saturated carbocycles. The first kappa shape index (κ1) is 21.3. The van der Waals surface area contributed by atoms with E-state index in [9.17, 15) is 16.8 Å². The Hall–Kier alpha value is 0.310. The van der Waals surface area contributed by atoms with E-state index in [-0.39, 0.29) is 20.2 Å². The molecule has 0 rings (SSSR count). The standard InChI is InChI=1S/C12H20Cl2O4S3/c1-3-5-7-20(15,16)11(13)9-19-10-12(14)21(17,18)8-6-4-2/h9-10H,3-8H2,1-2H3/b11-9+,12-10+. The first-order valence-corrected chi connectivity index (χ1v) is 11.5. The molecule has 0 atom stereocenters. The van der Waals surface area contributed by atoms with Crippen LogP contribution in [-0.4, -0.2) is 28.3 Å². The van der Waals surface area contributed by atoms with E-state index < -0.39 is 19.7 Å². The van der Waals surface area contributed by atoms with Crippen molar-refractivity contribution in [3.8, 4) is 0 Å². The van der Waals surface area contributed by atoms with Crippen LogP contribution in [0.3, 0.4) is 0 Å². The van der Waals surface area contributed by atoms with Gasteiger partial charge in [-0.3, -0.25) is 0 Å². The highest BCUT2D eigenvalue weighted by Gasteiger charge is 2.16. The molecule has 4 nitrogen and oxygen atoms in total. The minimum Gasteiger partial charge on any atom is -0.223 e. The second-order valence-electron chi connectivity index (χ2n) is 4.32. The molecule has 0 amide bonds. The highest BCUT2D eigenvalue weighted by molar-refractivity contribution is 8.07. The van der Waals surface area contributed by atoms with Gasteiger partial charge in [0.05, 0.1) is 11.5 Å². The molecule has 0 fully saturated rings. The zero-order valence-corrected chi connectivity index (χ0v) is 16.0. The van der Waals surface area contributed by atoms with Gasteiger partial charge in [0.15, 0.2) is 19.7 Å². The highest BCUT2D eigenvalue weighted by Crippen LogP contribution is 2.24. The maximum atomic E-state index is 11.7. The molecule has 0 saturated heterocycles. The van der Waals surface area contributed by atoms with Crippen LogP contribution in [0.25, 0.3) is 0 Å². The minimum absolute atomic E-state index is 0.0222. The Balaban J connectivity index is 4.78. The molecule has 0 aliphatic heterocycles. The predicted molar refractivity (Wildman–Crippen MR) is 92.9 cm³/mol. The summed E-state index contributed by atoms with van der Waals surface area (Å²) in [6.07, 6.45) is 2.55. The van der Waals surface area contributed by atoms with Crippen LogP contribution in [0, 0.1) is 0 Å². The summed E-state index contributed by atoms with van der Waals surface area (Å²) in [5.74, 6) is -0.0444. The molecule has 124 valence electrons. The molecule has 0 unspecified atom stereocenters. The van der Waals surface area contributed by atoms with E-state index in [1.165, 1.54) is 10.8 Å². The average molecular weight is 395 g/mol. The molecule has 9 heteroatoms. The summed E-state index contributed by atoms with van der Waals surface area (Å²) in [4.78, 5) is 0. The van der Waals surface area contributed by atoms with Crippen molar-refractivity contribution >= 4 is 54.6 Å². The molecule has 0 aliphatic carbocycles. The van der Waals surface area contributed by atoms with Crippen molar-refractivity contribution in [3.05, 3.63) is 19.5 Å². The summed E-state index contributed by atoms with van der Waals surface area (Å²) in [6.45, 7) is 3.76. The smallest absolute Gasteiger partial charge is 0.189 e. The molecule has 0 aromatic carbocycles. The monoisotopic (exact) mass is 394 g/mol. The van der Waals surface area contributed by atoms with Gasteiger partial charge in [0.25, 0.3) is 0 Å². The molecule has 0 heterocycles. The Morgan fingerprint density at radius 2 is 1.19 bits per heavy atom. The van der Waals surface area contributed by atoms with Crippen molar-refractivity contribution in [1.29, 1.82) is 0 Å². The van der Waals surface area contributed by atoms with Gasteiger partial charge < -0.3 is 0 Å². The molecule has 0 aliphatic rings. The van der Waals surface area contributed by atoms with Gasteiger partial charge in [0, 0.05) is 10.8 Å². The van der Waals surface area contributed by atoms with Crippen molar-refractivity contribution in [2.24, 2.45) is 0 Å². The average Bonchev–Trinajstić information content (AvgIpc) is 2.42. The van der Waals surface area contributed by atoms with Crippen molar-refractivity contribution in [3.63, 3.8) is 0 Å². The van der Waals surface area contributed by atoms with E-state index >= 15 is 0 Å². The highest BCUT2D eigenvalue weighted by atomic mass is 35.5. The van der Waals surface area contributed by atoms with E-state index in [4.69, 9.17) is 23.2 Å². The van der Waals surface area contributed by atoms with Crippen LogP contribution in [0.5, 0.6) is 0 Å². The zero-order chi connectivity index (χ0) is 16.5. The van der Waals surface area contributed by atoms with Gasteiger partial charge in [-0.25, -0.2) is 16.8 Å². The molecule has 0 aromatic rings. The number of halogens is 2. The topological polar surface area (TPSA) is 68.3 Å². The Bertz CT molecular complexity index is 526. The molecule has 0 bridgehead atoms. The third kappa shape index (κ3) is 8.50. The fraction of sp³-hybridized carbons (Fsp3) is 0.667. The summed E-state index contributed by atoms with van der Waals surface area (Å²) >= 11 is 12.3. The van der Waals surface area contributed by atoms with E-state index in [1.807, 2.05) is 13.8 Å². The summed E-state index contributed by atoms with van der Waals surface area (Å²) in [5.41, 5.74) is 0. The molecule has 0 aromatic heterocycles. The third-order valence-corrected chi connectivity index (χ3v) is 8.45. The number of thioether (sulfide) groups is 1. The lowest BCUT2D eigenvalue weighted by Crippen LogP contribution is -2.05. The Morgan fingerprint density at radius 1 is 0.857 bits per heavy atom. The van der Waals surface area contributed by atoms with Crippen LogP contribution < -0.4 is 0 Å². The maximum Gasteiger partial charge on any atom is 0.189 e.